The highest BCUT2D eigenvalue weighted by molar-refractivity contribution is 5.62. The molecule has 0 radical (unpaired) electrons. The minimum absolute atomic E-state index is 0.0685. The van der Waals surface area contributed by atoms with Crippen LogP contribution in [-0.4, -0.2) is 5.54 Å². The molecule has 0 saturated carbocycles. The molecule has 1 aliphatic heterocycles. The second-order valence-corrected chi connectivity index (χ2v) is 6.93. The predicted octanol–water partition coefficient (Wildman–Crippen LogP) is 4.90. The Bertz CT molecular complexity index is 624. The summed E-state index contributed by atoms with van der Waals surface area (Å²) in [4.78, 5) is 0. The Balaban J connectivity index is 2.18. The lowest BCUT2D eigenvalue weighted by Gasteiger charge is -2.45. The van der Waals surface area contributed by atoms with Crippen molar-refractivity contribution in [1.29, 1.82) is 0 Å². The number of benzene rings is 2. The van der Waals surface area contributed by atoms with Crippen molar-refractivity contribution in [2.45, 2.75) is 45.1 Å². The summed E-state index contributed by atoms with van der Waals surface area (Å²) in [6, 6.07) is 17.7. The summed E-state index contributed by atoms with van der Waals surface area (Å²) in [6.45, 7) is 9.09. The average Bonchev–Trinajstić information content (AvgIpc) is 2.38. The zero-order chi connectivity index (χ0) is 14.4. The molecule has 1 nitrogen and oxygen atoms in total. The first-order chi connectivity index (χ1) is 9.41. The quantitative estimate of drug-likeness (QED) is 0.773. The van der Waals surface area contributed by atoms with E-state index < -0.39 is 0 Å². The zero-order valence-corrected chi connectivity index (χ0v) is 12.8. The number of para-hydroxylation sites is 1. The molecule has 0 saturated heterocycles. The van der Waals surface area contributed by atoms with E-state index in [0.717, 1.165) is 6.42 Å². The fourth-order valence-corrected chi connectivity index (χ4v) is 3.64. The van der Waals surface area contributed by atoms with Crippen molar-refractivity contribution in [3.05, 3.63) is 65.2 Å². The van der Waals surface area contributed by atoms with Crippen LogP contribution in [0.2, 0.25) is 0 Å². The molecule has 0 aromatic heterocycles. The minimum Gasteiger partial charge on any atom is -0.380 e. The highest BCUT2D eigenvalue weighted by Crippen LogP contribution is 2.47. The fraction of sp³-hybridized carbons (Fsp3) is 0.368. The highest BCUT2D eigenvalue weighted by atomic mass is 15.0. The molecule has 1 aliphatic rings. The van der Waals surface area contributed by atoms with Crippen molar-refractivity contribution in [2.24, 2.45) is 0 Å². The van der Waals surface area contributed by atoms with Crippen molar-refractivity contribution < 1.29 is 0 Å². The van der Waals surface area contributed by atoms with E-state index in [1.54, 1.807) is 0 Å². The number of nitrogens with one attached hydrogen (secondary N) is 1. The van der Waals surface area contributed by atoms with E-state index >= 15 is 0 Å². The highest BCUT2D eigenvalue weighted by Gasteiger charge is 2.41. The lowest BCUT2D eigenvalue weighted by Crippen LogP contribution is -2.45. The maximum Gasteiger partial charge on any atom is 0.0385 e. The van der Waals surface area contributed by atoms with Gasteiger partial charge < -0.3 is 5.32 Å². The van der Waals surface area contributed by atoms with Crippen molar-refractivity contribution in [1.82, 2.24) is 0 Å². The van der Waals surface area contributed by atoms with Gasteiger partial charge >= 0.3 is 0 Å². The van der Waals surface area contributed by atoms with Gasteiger partial charge in [-0.3, -0.25) is 0 Å². The van der Waals surface area contributed by atoms with E-state index in [1.165, 1.54) is 22.4 Å². The molecule has 0 amide bonds. The van der Waals surface area contributed by atoms with Crippen LogP contribution in [0, 0.1) is 6.92 Å². The van der Waals surface area contributed by atoms with Crippen molar-refractivity contribution in [3.8, 4) is 0 Å². The van der Waals surface area contributed by atoms with Crippen LogP contribution >= 0.6 is 0 Å². The molecular formula is C19H23N. The summed E-state index contributed by atoms with van der Waals surface area (Å²) in [6.07, 6.45) is 1.10. The van der Waals surface area contributed by atoms with E-state index in [2.05, 4.69) is 81.5 Å². The maximum atomic E-state index is 3.67. The molecule has 1 atom stereocenters. The van der Waals surface area contributed by atoms with Crippen LogP contribution in [0.3, 0.4) is 0 Å². The molecule has 20 heavy (non-hydrogen) atoms. The Labute approximate surface area is 122 Å². The third-order valence-electron chi connectivity index (χ3n) is 4.48. The minimum atomic E-state index is 0.0685. The van der Waals surface area contributed by atoms with Crippen molar-refractivity contribution in [2.75, 3.05) is 5.32 Å². The molecular weight excluding hydrogens is 242 g/mol. The second-order valence-electron chi connectivity index (χ2n) is 6.93. The van der Waals surface area contributed by atoms with Gasteiger partial charge in [-0.25, -0.2) is 0 Å². The SMILES string of the molecule is Cc1ccc(C2(C)CC(C)(C)Nc3ccccc32)cc1. The standard InChI is InChI=1S/C19H23N/c1-14-9-11-15(12-10-14)19(4)13-18(2,3)20-17-8-6-5-7-16(17)19/h5-12,20H,13H2,1-4H3. The molecule has 1 heterocycles. The van der Waals surface area contributed by atoms with Gasteiger partial charge in [0.05, 0.1) is 0 Å². The van der Waals surface area contributed by atoms with E-state index in [4.69, 9.17) is 0 Å². The van der Waals surface area contributed by atoms with E-state index in [0.29, 0.717) is 0 Å². The number of anilines is 1. The van der Waals surface area contributed by atoms with Crippen LogP contribution in [-0.2, 0) is 5.41 Å². The topological polar surface area (TPSA) is 12.0 Å². The Hall–Kier alpha value is -1.76. The molecule has 1 N–H and O–H groups in total. The lowest BCUT2D eigenvalue weighted by molar-refractivity contribution is 0.378. The van der Waals surface area contributed by atoms with Crippen LogP contribution in [0.1, 0.15) is 43.9 Å². The Morgan fingerprint density at radius 3 is 2.25 bits per heavy atom. The molecule has 0 fully saturated rings. The van der Waals surface area contributed by atoms with Crippen molar-refractivity contribution in [3.63, 3.8) is 0 Å². The summed E-state index contributed by atoms with van der Waals surface area (Å²) >= 11 is 0. The smallest absolute Gasteiger partial charge is 0.0385 e. The Morgan fingerprint density at radius 2 is 1.55 bits per heavy atom. The van der Waals surface area contributed by atoms with Crippen molar-refractivity contribution >= 4 is 5.69 Å². The van der Waals surface area contributed by atoms with Gasteiger partial charge in [0, 0.05) is 16.6 Å². The van der Waals surface area contributed by atoms with E-state index in [-0.39, 0.29) is 11.0 Å². The maximum absolute atomic E-state index is 3.67. The Morgan fingerprint density at radius 1 is 0.900 bits per heavy atom. The number of fused-ring (bicyclic) bond motifs is 1. The van der Waals surface area contributed by atoms with Gasteiger partial charge in [-0.2, -0.15) is 0 Å². The summed E-state index contributed by atoms with van der Waals surface area (Å²) < 4.78 is 0. The van der Waals surface area contributed by atoms with Crippen LogP contribution in [0.25, 0.3) is 0 Å². The molecule has 104 valence electrons. The van der Waals surface area contributed by atoms with Crippen LogP contribution < -0.4 is 5.32 Å². The second kappa shape index (κ2) is 4.37. The third kappa shape index (κ3) is 2.11. The van der Waals surface area contributed by atoms with Gasteiger partial charge in [0.2, 0.25) is 0 Å². The van der Waals surface area contributed by atoms with Crippen LogP contribution in [0.15, 0.2) is 48.5 Å². The number of hydrogen-bond acceptors (Lipinski definition) is 1. The van der Waals surface area contributed by atoms with E-state index in [9.17, 15) is 0 Å². The molecule has 0 bridgehead atoms. The zero-order valence-electron chi connectivity index (χ0n) is 12.8. The summed E-state index contributed by atoms with van der Waals surface area (Å²) in [7, 11) is 0. The van der Waals surface area contributed by atoms with Gasteiger partial charge in [0.25, 0.3) is 0 Å². The van der Waals surface area contributed by atoms with E-state index in [1.807, 2.05) is 0 Å². The summed E-state index contributed by atoms with van der Waals surface area (Å²) in [5, 5.41) is 3.67. The monoisotopic (exact) mass is 265 g/mol. The van der Waals surface area contributed by atoms with Crippen LogP contribution in [0.5, 0.6) is 0 Å². The average molecular weight is 265 g/mol. The molecule has 2 aromatic rings. The first-order valence-electron chi connectivity index (χ1n) is 7.36. The van der Waals surface area contributed by atoms with Gasteiger partial charge in [0.15, 0.2) is 0 Å². The Kier molecular flexibility index (Phi) is 2.89. The first kappa shape index (κ1) is 13.2. The van der Waals surface area contributed by atoms with Crippen LogP contribution in [0.4, 0.5) is 5.69 Å². The molecule has 1 heteroatoms. The number of hydrogen-bond donors (Lipinski definition) is 1. The molecule has 0 aliphatic carbocycles. The van der Waals surface area contributed by atoms with Gasteiger partial charge in [-0.15, -0.1) is 0 Å². The normalized spacial score (nSPS) is 23.8. The third-order valence-corrected chi connectivity index (χ3v) is 4.48. The predicted molar refractivity (Wildman–Crippen MR) is 86.4 cm³/mol. The summed E-state index contributed by atoms with van der Waals surface area (Å²) in [5.41, 5.74) is 5.58. The fourth-order valence-electron chi connectivity index (χ4n) is 3.64. The number of aryl methyl sites for hydroxylation is 1. The van der Waals surface area contributed by atoms with Gasteiger partial charge in [0.1, 0.15) is 0 Å². The first-order valence-corrected chi connectivity index (χ1v) is 7.36. The molecule has 0 spiro atoms. The van der Waals surface area contributed by atoms with Gasteiger partial charge in [-0.1, -0.05) is 55.0 Å². The molecule has 1 unspecified atom stereocenters. The molecule has 3 rings (SSSR count). The largest absolute Gasteiger partial charge is 0.380 e. The van der Waals surface area contributed by atoms with Gasteiger partial charge in [-0.05, 0) is 44.4 Å². The number of rotatable bonds is 1. The molecule has 2 aromatic carbocycles. The lowest BCUT2D eigenvalue weighted by atomic mass is 9.66. The summed E-state index contributed by atoms with van der Waals surface area (Å²) in [5.74, 6) is 0.